The van der Waals surface area contributed by atoms with Gasteiger partial charge >= 0.3 is 0 Å². The lowest BCUT2D eigenvalue weighted by Crippen LogP contribution is -2.43. The van der Waals surface area contributed by atoms with Crippen molar-refractivity contribution in [3.8, 4) is 0 Å². The molecule has 1 atom stereocenters. The van der Waals surface area contributed by atoms with E-state index in [0.717, 1.165) is 23.0 Å². The van der Waals surface area contributed by atoms with Crippen molar-refractivity contribution in [2.24, 2.45) is 4.99 Å². The second-order valence-corrected chi connectivity index (χ2v) is 4.36. The highest BCUT2D eigenvalue weighted by Gasteiger charge is 2.07. The summed E-state index contributed by atoms with van der Waals surface area (Å²) >= 11 is 0. The Morgan fingerprint density at radius 2 is 2.22 bits per heavy atom. The van der Waals surface area contributed by atoms with Gasteiger partial charge in [0.1, 0.15) is 11.5 Å². The Labute approximate surface area is 109 Å². The normalized spacial score (nSPS) is 13.5. The molecule has 0 amide bonds. The van der Waals surface area contributed by atoms with Crippen LogP contribution < -0.4 is 10.6 Å². The fourth-order valence-electron chi connectivity index (χ4n) is 1.76. The Hall–Kier alpha value is -1.49. The molecule has 0 saturated heterocycles. The van der Waals surface area contributed by atoms with Gasteiger partial charge in [-0.2, -0.15) is 0 Å². The van der Waals surface area contributed by atoms with Crippen LogP contribution in [0.25, 0.3) is 0 Å². The van der Waals surface area contributed by atoms with Crippen molar-refractivity contribution < 1.29 is 9.15 Å². The number of nitrogens with one attached hydrogen (secondary N) is 2. The first-order chi connectivity index (χ1) is 8.56. The van der Waals surface area contributed by atoms with Gasteiger partial charge in [0.25, 0.3) is 0 Å². The number of ether oxygens (including phenoxy) is 1. The third-order valence-electron chi connectivity index (χ3n) is 2.61. The van der Waals surface area contributed by atoms with Gasteiger partial charge in [-0.25, -0.2) is 0 Å². The lowest BCUT2D eigenvalue weighted by molar-refractivity contribution is 0.179. The Bertz CT molecular complexity index is 399. The molecule has 1 aromatic rings. The van der Waals surface area contributed by atoms with Gasteiger partial charge in [0.15, 0.2) is 5.96 Å². The fourth-order valence-corrected chi connectivity index (χ4v) is 1.76. The second-order valence-electron chi connectivity index (χ2n) is 4.36. The topological polar surface area (TPSA) is 58.8 Å². The number of furan rings is 1. The molecule has 0 spiro atoms. The Kier molecular flexibility index (Phi) is 5.71. The molecule has 0 radical (unpaired) electrons. The molecular formula is C13H23N3O2. The SMILES string of the molecule is CN=C(NCc1cc(C)oc1C)NC(C)COC. The van der Waals surface area contributed by atoms with E-state index in [-0.39, 0.29) is 6.04 Å². The highest BCUT2D eigenvalue weighted by Crippen LogP contribution is 2.12. The highest BCUT2D eigenvalue weighted by atomic mass is 16.5. The molecule has 0 bridgehead atoms. The first-order valence-electron chi connectivity index (χ1n) is 6.08. The van der Waals surface area contributed by atoms with Crippen LogP contribution in [0.3, 0.4) is 0 Å². The van der Waals surface area contributed by atoms with Gasteiger partial charge in [0.2, 0.25) is 0 Å². The monoisotopic (exact) mass is 253 g/mol. The summed E-state index contributed by atoms with van der Waals surface area (Å²) < 4.78 is 10.6. The molecule has 0 fully saturated rings. The summed E-state index contributed by atoms with van der Waals surface area (Å²) in [7, 11) is 3.44. The molecule has 102 valence electrons. The van der Waals surface area contributed by atoms with E-state index < -0.39 is 0 Å². The molecule has 1 unspecified atom stereocenters. The average Bonchev–Trinajstić information content (AvgIpc) is 2.63. The maximum absolute atomic E-state index is 5.48. The summed E-state index contributed by atoms with van der Waals surface area (Å²) in [5.41, 5.74) is 1.15. The Morgan fingerprint density at radius 3 is 2.72 bits per heavy atom. The van der Waals surface area contributed by atoms with Gasteiger partial charge in [-0.15, -0.1) is 0 Å². The third kappa shape index (κ3) is 4.41. The average molecular weight is 253 g/mol. The minimum atomic E-state index is 0.216. The second kappa shape index (κ2) is 7.06. The van der Waals surface area contributed by atoms with Gasteiger partial charge in [0.05, 0.1) is 6.61 Å². The summed E-state index contributed by atoms with van der Waals surface area (Å²) in [5, 5.41) is 6.50. The predicted molar refractivity (Wildman–Crippen MR) is 72.9 cm³/mol. The molecule has 1 aromatic heterocycles. The van der Waals surface area contributed by atoms with Gasteiger partial charge in [-0.1, -0.05) is 0 Å². The first kappa shape index (κ1) is 14.6. The lowest BCUT2D eigenvalue weighted by atomic mass is 10.2. The van der Waals surface area contributed by atoms with Crippen molar-refractivity contribution in [2.45, 2.75) is 33.4 Å². The smallest absolute Gasteiger partial charge is 0.191 e. The van der Waals surface area contributed by atoms with Gasteiger partial charge in [-0.3, -0.25) is 4.99 Å². The van der Waals surface area contributed by atoms with Gasteiger partial charge in [0, 0.05) is 32.3 Å². The zero-order valence-corrected chi connectivity index (χ0v) is 11.8. The summed E-state index contributed by atoms with van der Waals surface area (Å²) in [6.07, 6.45) is 0. The van der Waals surface area contributed by atoms with Crippen LogP contribution in [-0.4, -0.2) is 32.8 Å². The number of hydrogen-bond acceptors (Lipinski definition) is 3. The van der Waals surface area contributed by atoms with E-state index in [4.69, 9.17) is 9.15 Å². The van der Waals surface area contributed by atoms with Crippen molar-refractivity contribution in [1.29, 1.82) is 0 Å². The number of guanidine groups is 1. The standard InChI is InChI=1S/C13H23N3O2/c1-9(8-17-5)16-13(14-4)15-7-12-6-10(2)18-11(12)3/h6,9H,7-8H2,1-5H3,(H2,14,15,16). The summed E-state index contributed by atoms with van der Waals surface area (Å²) in [6.45, 7) is 7.30. The maximum Gasteiger partial charge on any atom is 0.191 e. The van der Waals surface area contributed by atoms with Crippen molar-refractivity contribution in [1.82, 2.24) is 10.6 Å². The van der Waals surface area contributed by atoms with Crippen LogP contribution in [0.5, 0.6) is 0 Å². The molecule has 0 aliphatic carbocycles. The number of nitrogens with zero attached hydrogens (tertiary/aromatic N) is 1. The summed E-state index contributed by atoms with van der Waals surface area (Å²) in [5.74, 6) is 2.64. The van der Waals surface area contributed by atoms with Gasteiger partial charge < -0.3 is 19.8 Å². The zero-order chi connectivity index (χ0) is 13.5. The van der Waals surface area contributed by atoms with Crippen LogP contribution in [0, 0.1) is 13.8 Å². The van der Waals surface area contributed by atoms with Crippen LogP contribution in [0.4, 0.5) is 0 Å². The van der Waals surface area contributed by atoms with E-state index in [1.165, 1.54) is 0 Å². The van der Waals surface area contributed by atoms with E-state index in [9.17, 15) is 0 Å². The molecule has 1 rings (SSSR count). The lowest BCUT2D eigenvalue weighted by Gasteiger charge is -2.16. The fraction of sp³-hybridized carbons (Fsp3) is 0.615. The van der Waals surface area contributed by atoms with Crippen molar-refractivity contribution in [3.05, 3.63) is 23.2 Å². The Balaban J connectivity index is 2.47. The molecular weight excluding hydrogens is 230 g/mol. The number of hydrogen-bond donors (Lipinski definition) is 2. The van der Waals surface area contributed by atoms with Crippen LogP contribution in [0.15, 0.2) is 15.5 Å². The van der Waals surface area contributed by atoms with Crippen LogP contribution >= 0.6 is 0 Å². The zero-order valence-electron chi connectivity index (χ0n) is 11.8. The molecule has 5 heteroatoms. The minimum absolute atomic E-state index is 0.216. The molecule has 0 aliphatic heterocycles. The largest absolute Gasteiger partial charge is 0.466 e. The minimum Gasteiger partial charge on any atom is -0.466 e. The van der Waals surface area contributed by atoms with Crippen molar-refractivity contribution in [2.75, 3.05) is 20.8 Å². The van der Waals surface area contributed by atoms with Gasteiger partial charge in [-0.05, 0) is 26.8 Å². The van der Waals surface area contributed by atoms with Crippen LogP contribution in [0.1, 0.15) is 24.0 Å². The van der Waals surface area contributed by atoms with E-state index in [1.807, 2.05) is 26.8 Å². The molecule has 0 aliphatic rings. The number of aryl methyl sites for hydroxylation is 2. The maximum atomic E-state index is 5.48. The number of rotatable bonds is 5. The first-order valence-corrected chi connectivity index (χ1v) is 6.08. The van der Waals surface area contributed by atoms with Crippen molar-refractivity contribution >= 4 is 5.96 Å². The van der Waals surface area contributed by atoms with E-state index in [0.29, 0.717) is 13.2 Å². The highest BCUT2D eigenvalue weighted by molar-refractivity contribution is 5.79. The predicted octanol–water partition coefficient (Wildman–Crippen LogP) is 1.60. The molecule has 1 heterocycles. The van der Waals surface area contributed by atoms with E-state index in [2.05, 4.69) is 15.6 Å². The van der Waals surface area contributed by atoms with Crippen molar-refractivity contribution in [3.63, 3.8) is 0 Å². The molecule has 2 N–H and O–H groups in total. The quantitative estimate of drug-likeness (QED) is 0.618. The summed E-state index contributed by atoms with van der Waals surface area (Å²) in [4.78, 5) is 4.17. The molecule has 18 heavy (non-hydrogen) atoms. The van der Waals surface area contributed by atoms with E-state index >= 15 is 0 Å². The summed E-state index contributed by atoms with van der Waals surface area (Å²) in [6, 6.07) is 2.25. The number of methoxy groups -OCH3 is 1. The molecule has 0 aromatic carbocycles. The number of aliphatic imine (C=N–C) groups is 1. The van der Waals surface area contributed by atoms with Crippen LogP contribution in [0.2, 0.25) is 0 Å². The Morgan fingerprint density at radius 1 is 1.50 bits per heavy atom. The third-order valence-corrected chi connectivity index (χ3v) is 2.61. The van der Waals surface area contributed by atoms with E-state index in [1.54, 1.807) is 14.2 Å². The molecule has 0 saturated carbocycles. The van der Waals surface area contributed by atoms with Crippen LogP contribution in [-0.2, 0) is 11.3 Å². The molecule has 5 nitrogen and oxygen atoms in total.